The van der Waals surface area contributed by atoms with E-state index in [2.05, 4.69) is 17.1 Å². The van der Waals surface area contributed by atoms with Crippen LogP contribution in [-0.4, -0.2) is 29.2 Å². The third kappa shape index (κ3) is 2.13. The minimum atomic E-state index is -0.199. The summed E-state index contributed by atoms with van der Waals surface area (Å²) in [6.07, 6.45) is 10.6. The lowest BCUT2D eigenvalue weighted by molar-refractivity contribution is 0.191. The molecule has 13 heavy (non-hydrogen) atoms. The molecule has 0 aromatic rings. The van der Waals surface area contributed by atoms with Crippen molar-refractivity contribution in [3.63, 3.8) is 0 Å². The van der Waals surface area contributed by atoms with Gasteiger partial charge in [-0.3, -0.25) is 0 Å². The normalized spacial score (nSPS) is 28.8. The van der Waals surface area contributed by atoms with Gasteiger partial charge in [-0.1, -0.05) is 12.2 Å². The van der Waals surface area contributed by atoms with E-state index in [9.17, 15) is 5.11 Å². The zero-order valence-electron chi connectivity index (χ0n) is 7.95. The van der Waals surface area contributed by atoms with E-state index in [0.29, 0.717) is 0 Å². The largest absolute Gasteiger partial charge is 0.389 e. The lowest BCUT2D eigenvalue weighted by Gasteiger charge is -2.31. The van der Waals surface area contributed by atoms with Crippen LogP contribution >= 0.6 is 0 Å². The highest BCUT2D eigenvalue weighted by molar-refractivity contribution is 5.11. The molecule has 1 N–H and O–H groups in total. The molecule has 0 saturated carbocycles. The molecule has 2 rings (SSSR count). The zero-order chi connectivity index (χ0) is 9.10. The molecule has 0 saturated heterocycles. The summed E-state index contributed by atoms with van der Waals surface area (Å²) >= 11 is 0. The molecule has 1 unspecified atom stereocenters. The van der Waals surface area contributed by atoms with Gasteiger partial charge >= 0.3 is 0 Å². The third-order valence-electron chi connectivity index (χ3n) is 2.78. The number of hydrogen-bond donors (Lipinski definition) is 1. The number of hydrogen-bond acceptors (Lipinski definition) is 2. The Kier molecular flexibility index (Phi) is 2.69. The van der Waals surface area contributed by atoms with Crippen molar-refractivity contribution in [3.8, 4) is 0 Å². The second kappa shape index (κ2) is 3.97. The van der Waals surface area contributed by atoms with Crippen LogP contribution in [0.5, 0.6) is 0 Å². The predicted octanol–water partition coefficient (Wildman–Crippen LogP) is 1.68. The molecule has 0 radical (unpaired) electrons. The number of nitrogens with zero attached hydrogens (tertiary/aromatic N) is 1. The topological polar surface area (TPSA) is 23.5 Å². The first-order valence-corrected chi connectivity index (χ1v) is 5.15. The summed E-state index contributed by atoms with van der Waals surface area (Å²) < 4.78 is 0. The van der Waals surface area contributed by atoms with Gasteiger partial charge in [-0.25, -0.2) is 0 Å². The van der Waals surface area contributed by atoms with E-state index in [1.54, 1.807) is 0 Å². The number of allylic oxidation sites excluding steroid dienone is 1. The van der Waals surface area contributed by atoms with E-state index in [1.165, 1.54) is 5.70 Å². The molecule has 2 nitrogen and oxygen atoms in total. The summed E-state index contributed by atoms with van der Waals surface area (Å²) in [5, 5.41) is 9.49. The summed E-state index contributed by atoms with van der Waals surface area (Å²) in [4.78, 5) is 2.38. The maximum Gasteiger partial charge on any atom is 0.0740 e. The van der Waals surface area contributed by atoms with E-state index in [-0.39, 0.29) is 6.10 Å². The SMILES string of the molecule is OC1C=C(N2CC=CCC2)CCC1. The van der Waals surface area contributed by atoms with Gasteiger partial charge in [0.05, 0.1) is 6.10 Å². The van der Waals surface area contributed by atoms with Crippen LogP contribution in [0, 0.1) is 0 Å². The van der Waals surface area contributed by atoms with Crippen molar-refractivity contribution in [2.45, 2.75) is 31.8 Å². The van der Waals surface area contributed by atoms with E-state index >= 15 is 0 Å². The average Bonchev–Trinajstić information content (AvgIpc) is 2.19. The van der Waals surface area contributed by atoms with Crippen molar-refractivity contribution in [2.24, 2.45) is 0 Å². The van der Waals surface area contributed by atoms with Crippen molar-refractivity contribution >= 4 is 0 Å². The minimum Gasteiger partial charge on any atom is -0.389 e. The van der Waals surface area contributed by atoms with Crippen molar-refractivity contribution in [2.75, 3.05) is 13.1 Å². The molecular weight excluding hydrogens is 162 g/mol. The van der Waals surface area contributed by atoms with E-state index in [1.807, 2.05) is 6.08 Å². The molecule has 0 aromatic heterocycles. The van der Waals surface area contributed by atoms with Crippen LogP contribution in [0.2, 0.25) is 0 Å². The van der Waals surface area contributed by atoms with Crippen LogP contribution in [0.3, 0.4) is 0 Å². The molecule has 1 atom stereocenters. The van der Waals surface area contributed by atoms with Crippen LogP contribution in [0.15, 0.2) is 23.9 Å². The molecule has 0 fully saturated rings. The van der Waals surface area contributed by atoms with E-state index in [0.717, 1.165) is 38.8 Å². The molecule has 2 aliphatic rings. The van der Waals surface area contributed by atoms with Gasteiger partial charge in [-0.2, -0.15) is 0 Å². The van der Waals surface area contributed by atoms with Gasteiger partial charge < -0.3 is 10.0 Å². The number of rotatable bonds is 1. The van der Waals surface area contributed by atoms with Crippen LogP contribution in [0.1, 0.15) is 25.7 Å². The molecular formula is C11H17NO. The first kappa shape index (κ1) is 8.82. The summed E-state index contributed by atoms with van der Waals surface area (Å²) in [5.74, 6) is 0. The van der Waals surface area contributed by atoms with Crippen LogP contribution in [0.25, 0.3) is 0 Å². The summed E-state index contributed by atoms with van der Waals surface area (Å²) in [5.41, 5.74) is 1.35. The average molecular weight is 179 g/mol. The van der Waals surface area contributed by atoms with Gasteiger partial charge in [0.15, 0.2) is 0 Å². The van der Waals surface area contributed by atoms with Gasteiger partial charge in [-0.15, -0.1) is 0 Å². The molecule has 0 spiro atoms. The molecule has 1 aliphatic heterocycles. The molecule has 0 amide bonds. The number of aliphatic hydroxyl groups excluding tert-OH is 1. The Morgan fingerprint density at radius 3 is 3.00 bits per heavy atom. The lowest BCUT2D eigenvalue weighted by atomic mass is 10.0. The summed E-state index contributed by atoms with van der Waals surface area (Å²) in [6.45, 7) is 2.15. The summed E-state index contributed by atoms with van der Waals surface area (Å²) in [7, 11) is 0. The first-order valence-electron chi connectivity index (χ1n) is 5.15. The third-order valence-corrected chi connectivity index (χ3v) is 2.78. The number of aliphatic hydroxyl groups is 1. The Labute approximate surface area is 79.6 Å². The molecule has 72 valence electrons. The van der Waals surface area contributed by atoms with Crippen molar-refractivity contribution in [1.82, 2.24) is 4.90 Å². The maximum absolute atomic E-state index is 9.49. The Morgan fingerprint density at radius 2 is 2.31 bits per heavy atom. The smallest absolute Gasteiger partial charge is 0.0740 e. The minimum absolute atomic E-state index is 0.199. The molecule has 1 aliphatic carbocycles. The lowest BCUT2D eigenvalue weighted by Crippen LogP contribution is -2.29. The highest BCUT2D eigenvalue weighted by Gasteiger charge is 2.16. The monoisotopic (exact) mass is 179 g/mol. The van der Waals surface area contributed by atoms with Crippen LogP contribution in [0.4, 0.5) is 0 Å². The Bertz CT molecular complexity index is 232. The first-order chi connectivity index (χ1) is 6.36. The predicted molar refractivity (Wildman–Crippen MR) is 53.3 cm³/mol. The van der Waals surface area contributed by atoms with Crippen LogP contribution in [-0.2, 0) is 0 Å². The second-order valence-corrected chi connectivity index (χ2v) is 3.82. The van der Waals surface area contributed by atoms with Gasteiger partial charge in [-0.05, 0) is 31.8 Å². The highest BCUT2D eigenvalue weighted by atomic mass is 16.3. The molecule has 1 heterocycles. The fourth-order valence-corrected chi connectivity index (χ4v) is 2.05. The highest BCUT2D eigenvalue weighted by Crippen LogP contribution is 2.22. The second-order valence-electron chi connectivity index (χ2n) is 3.82. The molecule has 0 aromatic carbocycles. The fraction of sp³-hybridized carbons (Fsp3) is 0.636. The Hall–Kier alpha value is -0.760. The molecule has 2 heteroatoms. The standard InChI is InChI=1S/C11H17NO/c13-11-6-4-5-10(9-11)12-7-2-1-3-8-12/h1-2,9,11,13H,3-8H2. The van der Waals surface area contributed by atoms with E-state index in [4.69, 9.17) is 0 Å². The van der Waals surface area contributed by atoms with Gasteiger partial charge in [0, 0.05) is 18.8 Å². The van der Waals surface area contributed by atoms with Gasteiger partial charge in [0.2, 0.25) is 0 Å². The van der Waals surface area contributed by atoms with E-state index < -0.39 is 0 Å². The van der Waals surface area contributed by atoms with Crippen molar-refractivity contribution < 1.29 is 5.11 Å². The van der Waals surface area contributed by atoms with Crippen LogP contribution < -0.4 is 0 Å². The van der Waals surface area contributed by atoms with Crippen molar-refractivity contribution in [1.29, 1.82) is 0 Å². The molecule has 0 bridgehead atoms. The Morgan fingerprint density at radius 1 is 1.38 bits per heavy atom. The fourth-order valence-electron chi connectivity index (χ4n) is 2.05. The summed E-state index contributed by atoms with van der Waals surface area (Å²) in [6, 6.07) is 0. The Balaban J connectivity index is 2.02. The van der Waals surface area contributed by atoms with Gasteiger partial charge in [0.25, 0.3) is 0 Å². The zero-order valence-corrected chi connectivity index (χ0v) is 7.95. The van der Waals surface area contributed by atoms with Crippen molar-refractivity contribution in [3.05, 3.63) is 23.9 Å². The van der Waals surface area contributed by atoms with Gasteiger partial charge in [0.1, 0.15) is 0 Å². The maximum atomic E-state index is 9.49. The quantitative estimate of drug-likeness (QED) is 0.619.